The number of rotatable bonds is 0. The van der Waals surface area contributed by atoms with Crippen LogP contribution >= 0.6 is 35.3 Å². The molecule has 0 aromatic heterocycles. The first kappa shape index (κ1) is 15.7. The summed E-state index contributed by atoms with van der Waals surface area (Å²) < 4.78 is 0. The Bertz CT molecular complexity index is 701. The van der Waals surface area contributed by atoms with E-state index in [2.05, 4.69) is 83.8 Å². The van der Waals surface area contributed by atoms with Gasteiger partial charge in [-0.1, -0.05) is 48.5 Å². The van der Waals surface area contributed by atoms with Crippen molar-refractivity contribution in [2.75, 3.05) is 23.0 Å². The molecule has 1 heterocycles. The van der Waals surface area contributed by atoms with E-state index in [0.717, 1.165) is 11.5 Å². The number of hydrogen-bond acceptors (Lipinski definition) is 3. The average molecular weight is 357 g/mol. The Kier molecular flexibility index (Phi) is 5.07. The van der Waals surface area contributed by atoms with Crippen molar-refractivity contribution < 1.29 is 0 Å². The van der Waals surface area contributed by atoms with Crippen LogP contribution in [0.1, 0.15) is 11.1 Å². The largest absolute Gasteiger partial charge is 0.160 e. The zero-order chi connectivity index (χ0) is 15.5. The number of thioether (sulfide) groups is 3. The fraction of sp³-hybridized carbons (Fsp3) is 0.300. The molecular weight excluding hydrogens is 336 g/mol. The molecule has 1 aliphatic heterocycles. The van der Waals surface area contributed by atoms with Crippen molar-refractivity contribution in [3.05, 3.63) is 59.7 Å². The smallest absolute Gasteiger partial charge is 0.0197 e. The van der Waals surface area contributed by atoms with Crippen LogP contribution in [0, 0.1) is 0 Å². The van der Waals surface area contributed by atoms with Crippen molar-refractivity contribution in [3.63, 3.8) is 0 Å². The van der Waals surface area contributed by atoms with E-state index in [4.69, 9.17) is 0 Å². The maximum atomic E-state index is 2.32. The highest BCUT2D eigenvalue weighted by atomic mass is 32.2. The van der Waals surface area contributed by atoms with Gasteiger partial charge in [-0.3, -0.25) is 0 Å². The summed E-state index contributed by atoms with van der Waals surface area (Å²) in [5, 5.41) is 5.84. The van der Waals surface area contributed by atoms with Gasteiger partial charge in [-0.2, -0.15) is 35.3 Å². The minimum atomic E-state index is 1.12. The maximum Gasteiger partial charge on any atom is 0.0197 e. The molecule has 0 unspecified atom stereocenters. The van der Waals surface area contributed by atoms with E-state index in [1.165, 1.54) is 55.7 Å². The van der Waals surface area contributed by atoms with Crippen LogP contribution in [0.25, 0.3) is 21.5 Å². The van der Waals surface area contributed by atoms with E-state index in [1.54, 1.807) is 0 Å². The van der Waals surface area contributed by atoms with Crippen LogP contribution in [0.4, 0.5) is 0 Å². The van der Waals surface area contributed by atoms with Gasteiger partial charge in [-0.15, -0.1) is 0 Å². The van der Waals surface area contributed by atoms with Crippen molar-refractivity contribution in [3.8, 4) is 0 Å². The second kappa shape index (κ2) is 7.42. The van der Waals surface area contributed by atoms with Gasteiger partial charge in [-0.05, 0) is 32.7 Å². The summed E-state index contributed by atoms with van der Waals surface area (Å²) in [6, 6.07) is 18.0. The minimum absolute atomic E-state index is 1.12. The van der Waals surface area contributed by atoms with E-state index in [1.807, 2.05) is 0 Å². The quantitative estimate of drug-likeness (QED) is 0.440. The van der Waals surface area contributed by atoms with Gasteiger partial charge in [0, 0.05) is 34.5 Å². The zero-order valence-electron chi connectivity index (χ0n) is 13.1. The predicted molar refractivity (Wildman–Crippen MR) is 111 cm³/mol. The topological polar surface area (TPSA) is 0 Å². The lowest BCUT2D eigenvalue weighted by molar-refractivity contribution is 1.44. The standard InChI is InChI=1S/C20H20S3/c1-2-6-16-15(5-1)19-13-22-11-9-21-10-12-23-14-20(16)18-8-4-3-7-17(18)19/h1-8H,9-14H2. The van der Waals surface area contributed by atoms with Gasteiger partial charge in [-0.25, -0.2) is 0 Å². The third-order valence-electron chi connectivity index (χ3n) is 4.39. The van der Waals surface area contributed by atoms with Crippen molar-refractivity contribution in [1.82, 2.24) is 0 Å². The first-order valence-corrected chi connectivity index (χ1v) is 11.6. The molecule has 4 rings (SSSR count). The van der Waals surface area contributed by atoms with Crippen LogP contribution in [0.2, 0.25) is 0 Å². The predicted octanol–water partition coefficient (Wildman–Crippen LogP) is 6.21. The molecule has 0 saturated carbocycles. The summed E-state index contributed by atoms with van der Waals surface area (Å²) in [5.41, 5.74) is 3.05. The summed E-state index contributed by atoms with van der Waals surface area (Å²) in [6.45, 7) is 0. The molecule has 0 amide bonds. The second-order valence-electron chi connectivity index (χ2n) is 5.77. The molecule has 0 atom stereocenters. The summed E-state index contributed by atoms with van der Waals surface area (Å²) in [7, 11) is 0. The first-order chi connectivity index (χ1) is 11.4. The molecule has 23 heavy (non-hydrogen) atoms. The molecule has 0 saturated heterocycles. The van der Waals surface area contributed by atoms with E-state index < -0.39 is 0 Å². The summed E-state index contributed by atoms with van der Waals surface area (Å²) >= 11 is 6.28. The minimum Gasteiger partial charge on any atom is -0.160 e. The molecule has 2 bridgehead atoms. The van der Waals surface area contributed by atoms with Gasteiger partial charge in [0.2, 0.25) is 0 Å². The Labute approximate surface area is 150 Å². The van der Waals surface area contributed by atoms with Crippen LogP contribution in [-0.2, 0) is 11.5 Å². The number of benzene rings is 3. The number of hydrogen-bond donors (Lipinski definition) is 0. The lowest BCUT2D eigenvalue weighted by Gasteiger charge is -2.16. The van der Waals surface area contributed by atoms with Crippen LogP contribution < -0.4 is 0 Å². The molecule has 118 valence electrons. The van der Waals surface area contributed by atoms with Crippen LogP contribution in [-0.4, -0.2) is 23.0 Å². The van der Waals surface area contributed by atoms with E-state index in [9.17, 15) is 0 Å². The highest BCUT2D eigenvalue weighted by molar-refractivity contribution is 8.04. The van der Waals surface area contributed by atoms with E-state index >= 15 is 0 Å². The Morgan fingerprint density at radius 1 is 0.478 bits per heavy atom. The fourth-order valence-corrected chi connectivity index (χ4v) is 6.71. The lowest BCUT2D eigenvalue weighted by Crippen LogP contribution is -1.95. The first-order valence-electron chi connectivity index (χ1n) is 8.09. The van der Waals surface area contributed by atoms with Crippen LogP contribution in [0.3, 0.4) is 0 Å². The highest BCUT2D eigenvalue weighted by Gasteiger charge is 2.13. The molecule has 0 spiro atoms. The summed E-state index contributed by atoms with van der Waals surface area (Å²) in [5.74, 6) is 7.29. The van der Waals surface area contributed by atoms with Crippen molar-refractivity contribution in [1.29, 1.82) is 0 Å². The molecule has 0 radical (unpaired) electrons. The Hall–Kier alpha value is -0.770. The average Bonchev–Trinajstić information content (AvgIpc) is 2.63. The third kappa shape index (κ3) is 3.24. The van der Waals surface area contributed by atoms with Crippen LogP contribution in [0.5, 0.6) is 0 Å². The lowest BCUT2D eigenvalue weighted by atomic mass is 9.93. The molecule has 1 aliphatic rings. The third-order valence-corrected chi connectivity index (χ3v) is 7.87. The van der Waals surface area contributed by atoms with Gasteiger partial charge in [0.15, 0.2) is 0 Å². The molecule has 3 aromatic rings. The Morgan fingerprint density at radius 3 is 1.22 bits per heavy atom. The monoisotopic (exact) mass is 356 g/mol. The zero-order valence-corrected chi connectivity index (χ0v) is 15.5. The fourth-order valence-electron chi connectivity index (χ4n) is 3.31. The van der Waals surface area contributed by atoms with E-state index in [0.29, 0.717) is 0 Å². The summed E-state index contributed by atoms with van der Waals surface area (Å²) in [4.78, 5) is 0. The Morgan fingerprint density at radius 2 is 0.826 bits per heavy atom. The molecular formula is C20H20S3. The van der Waals surface area contributed by atoms with E-state index in [-0.39, 0.29) is 0 Å². The van der Waals surface area contributed by atoms with Crippen molar-refractivity contribution in [2.45, 2.75) is 11.5 Å². The molecule has 3 aromatic carbocycles. The van der Waals surface area contributed by atoms with Gasteiger partial charge in [0.25, 0.3) is 0 Å². The van der Waals surface area contributed by atoms with Crippen molar-refractivity contribution in [2.24, 2.45) is 0 Å². The molecule has 0 aliphatic carbocycles. The molecule has 0 N–H and O–H groups in total. The number of fused-ring (bicyclic) bond motifs is 3. The Balaban J connectivity index is 1.98. The summed E-state index contributed by atoms with van der Waals surface area (Å²) in [6.07, 6.45) is 0. The molecule has 0 nitrogen and oxygen atoms in total. The molecule has 3 heteroatoms. The second-order valence-corrected chi connectivity index (χ2v) is 9.20. The SMILES string of the molecule is c1ccc2c3c4ccccc4c(c2c1)CSCCSCCSC3. The van der Waals surface area contributed by atoms with Gasteiger partial charge in [0.05, 0.1) is 0 Å². The highest BCUT2D eigenvalue weighted by Crippen LogP contribution is 2.37. The molecule has 0 fully saturated rings. The van der Waals surface area contributed by atoms with Gasteiger partial charge in [0.1, 0.15) is 0 Å². The normalized spacial score (nSPS) is 16.9. The van der Waals surface area contributed by atoms with Gasteiger partial charge >= 0.3 is 0 Å². The van der Waals surface area contributed by atoms with Crippen molar-refractivity contribution >= 4 is 56.8 Å². The van der Waals surface area contributed by atoms with Crippen LogP contribution in [0.15, 0.2) is 48.5 Å². The van der Waals surface area contributed by atoms with Gasteiger partial charge < -0.3 is 0 Å². The maximum absolute atomic E-state index is 2.32.